The van der Waals surface area contributed by atoms with Crippen LogP contribution < -0.4 is 4.74 Å². The summed E-state index contributed by atoms with van der Waals surface area (Å²) in [5.41, 5.74) is 3.19. The van der Waals surface area contributed by atoms with Crippen LogP contribution in [0.25, 0.3) is 10.2 Å². The second-order valence-electron chi connectivity index (χ2n) is 8.26. The lowest BCUT2D eigenvalue weighted by molar-refractivity contribution is -0.0235. The van der Waals surface area contributed by atoms with Crippen molar-refractivity contribution in [1.29, 1.82) is 0 Å². The molecule has 2 aromatic heterocycles. The first-order valence-corrected chi connectivity index (χ1v) is 11.9. The van der Waals surface area contributed by atoms with Crippen molar-refractivity contribution < 1.29 is 9.47 Å². The molecule has 0 spiro atoms. The molecular formula is C26H27N3O2S. The molecule has 1 atom stereocenters. The Kier molecular flexibility index (Phi) is 6.44. The second kappa shape index (κ2) is 9.77. The molecule has 0 saturated carbocycles. The molecule has 1 unspecified atom stereocenters. The highest BCUT2D eigenvalue weighted by Crippen LogP contribution is 2.36. The molecule has 0 N–H and O–H groups in total. The van der Waals surface area contributed by atoms with Crippen LogP contribution in [0, 0.1) is 0 Å². The molecule has 0 radical (unpaired) electrons. The molecule has 1 aliphatic heterocycles. The Morgan fingerprint density at radius 2 is 1.84 bits per heavy atom. The van der Waals surface area contributed by atoms with E-state index in [2.05, 4.69) is 47.3 Å². The smallest absolute Gasteiger partial charge is 0.135 e. The summed E-state index contributed by atoms with van der Waals surface area (Å²) >= 11 is 1.71. The summed E-state index contributed by atoms with van der Waals surface area (Å²) in [5, 5.41) is 0.997. The van der Waals surface area contributed by atoms with Crippen molar-refractivity contribution in [2.45, 2.75) is 31.7 Å². The number of fused-ring (bicyclic) bond motifs is 1. The highest BCUT2D eigenvalue weighted by Gasteiger charge is 2.26. The van der Waals surface area contributed by atoms with Gasteiger partial charge in [-0.3, -0.25) is 4.98 Å². The van der Waals surface area contributed by atoms with E-state index in [1.165, 1.54) is 4.70 Å². The molecule has 1 aliphatic rings. The van der Waals surface area contributed by atoms with E-state index in [-0.39, 0.29) is 12.2 Å². The lowest BCUT2D eigenvalue weighted by atomic mass is 10.1. The largest absolute Gasteiger partial charge is 0.489 e. The molecule has 0 aliphatic carbocycles. The fraction of sp³-hybridized carbons (Fsp3) is 0.308. The standard InChI is InChI=1S/C26H27N3O2S/c1-29-15-11-21(12-16-29)31-25(26-28-23-7-2-3-8-24(23)32-26)20-5-4-6-22(17-20)30-18-19-9-13-27-14-10-19/h2-10,13-14,17,21,25H,11-12,15-16,18H2,1H3. The van der Waals surface area contributed by atoms with Gasteiger partial charge in [0, 0.05) is 25.5 Å². The van der Waals surface area contributed by atoms with Crippen molar-refractivity contribution in [3.63, 3.8) is 0 Å². The maximum Gasteiger partial charge on any atom is 0.135 e. The molecule has 0 amide bonds. The summed E-state index contributed by atoms with van der Waals surface area (Å²) in [7, 11) is 2.17. The van der Waals surface area contributed by atoms with Crippen molar-refractivity contribution in [2.75, 3.05) is 20.1 Å². The Balaban J connectivity index is 1.41. The zero-order valence-electron chi connectivity index (χ0n) is 18.2. The van der Waals surface area contributed by atoms with E-state index in [0.717, 1.165) is 53.3 Å². The Bertz CT molecular complexity index is 1120. The maximum atomic E-state index is 6.72. The number of rotatable bonds is 7. The molecule has 5 rings (SSSR count). The molecule has 2 aromatic carbocycles. The summed E-state index contributed by atoms with van der Waals surface area (Å²) in [6.45, 7) is 2.63. The minimum absolute atomic E-state index is 0.203. The molecule has 5 nitrogen and oxygen atoms in total. The van der Waals surface area contributed by atoms with Gasteiger partial charge in [-0.2, -0.15) is 0 Å². The first-order chi connectivity index (χ1) is 15.7. The van der Waals surface area contributed by atoms with Gasteiger partial charge < -0.3 is 14.4 Å². The zero-order valence-corrected chi connectivity index (χ0v) is 19.0. The van der Waals surface area contributed by atoms with Gasteiger partial charge in [0.15, 0.2) is 0 Å². The van der Waals surface area contributed by atoms with E-state index in [1.807, 2.05) is 30.3 Å². The molecule has 1 fully saturated rings. The topological polar surface area (TPSA) is 47.5 Å². The van der Waals surface area contributed by atoms with E-state index >= 15 is 0 Å². The van der Waals surface area contributed by atoms with Crippen LogP contribution in [0.4, 0.5) is 0 Å². The van der Waals surface area contributed by atoms with Gasteiger partial charge in [0.2, 0.25) is 0 Å². The zero-order chi connectivity index (χ0) is 21.8. The van der Waals surface area contributed by atoms with Crippen molar-refractivity contribution in [3.05, 3.63) is 89.2 Å². The van der Waals surface area contributed by atoms with Crippen molar-refractivity contribution in [1.82, 2.24) is 14.9 Å². The molecule has 4 aromatic rings. The van der Waals surface area contributed by atoms with Gasteiger partial charge in [0.05, 0.1) is 16.3 Å². The predicted molar refractivity (Wildman–Crippen MR) is 128 cm³/mol. The second-order valence-corrected chi connectivity index (χ2v) is 9.32. The Morgan fingerprint density at radius 3 is 2.66 bits per heavy atom. The Labute approximate surface area is 192 Å². The normalized spacial score (nSPS) is 16.3. The van der Waals surface area contributed by atoms with Gasteiger partial charge in [-0.1, -0.05) is 24.3 Å². The van der Waals surface area contributed by atoms with Crippen LogP contribution in [0.15, 0.2) is 73.1 Å². The lowest BCUT2D eigenvalue weighted by Gasteiger charge is -2.31. The number of hydrogen-bond acceptors (Lipinski definition) is 6. The maximum absolute atomic E-state index is 6.72. The van der Waals surface area contributed by atoms with Crippen LogP contribution in [0.1, 0.15) is 35.1 Å². The number of nitrogens with zero attached hydrogens (tertiary/aromatic N) is 3. The molecule has 1 saturated heterocycles. The van der Waals surface area contributed by atoms with Crippen LogP contribution in [-0.2, 0) is 11.3 Å². The number of aromatic nitrogens is 2. The third-order valence-corrected chi connectivity index (χ3v) is 6.92. The van der Waals surface area contributed by atoms with Gasteiger partial charge in [0.1, 0.15) is 23.5 Å². The minimum atomic E-state index is -0.203. The summed E-state index contributed by atoms with van der Waals surface area (Å²) in [6, 6.07) is 20.5. The van der Waals surface area contributed by atoms with Crippen LogP contribution in [0.3, 0.4) is 0 Å². The quantitative estimate of drug-likeness (QED) is 0.377. The van der Waals surface area contributed by atoms with E-state index in [4.69, 9.17) is 14.5 Å². The van der Waals surface area contributed by atoms with E-state index in [0.29, 0.717) is 6.61 Å². The molecule has 0 bridgehead atoms. The highest BCUT2D eigenvalue weighted by molar-refractivity contribution is 7.18. The van der Waals surface area contributed by atoms with Crippen molar-refractivity contribution in [3.8, 4) is 5.75 Å². The summed E-state index contributed by atoms with van der Waals surface area (Å²) in [4.78, 5) is 11.4. The fourth-order valence-electron chi connectivity index (χ4n) is 4.01. The summed E-state index contributed by atoms with van der Waals surface area (Å²) < 4.78 is 14.0. The number of para-hydroxylation sites is 1. The van der Waals surface area contributed by atoms with Crippen LogP contribution in [0.2, 0.25) is 0 Å². The predicted octanol–water partition coefficient (Wildman–Crippen LogP) is 5.47. The molecule has 3 heterocycles. The van der Waals surface area contributed by atoms with Gasteiger partial charge in [0.25, 0.3) is 0 Å². The van der Waals surface area contributed by atoms with Gasteiger partial charge >= 0.3 is 0 Å². The first-order valence-electron chi connectivity index (χ1n) is 11.1. The average Bonchev–Trinajstić information content (AvgIpc) is 3.27. The number of piperidine rings is 1. The SMILES string of the molecule is CN1CCC(OC(c2cccc(OCc3ccncc3)c2)c2nc3ccccc3s2)CC1. The van der Waals surface area contributed by atoms with E-state index in [9.17, 15) is 0 Å². The molecule has 164 valence electrons. The number of hydrogen-bond donors (Lipinski definition) is 0. The summed E-state index contributed by atoms with van der Waals surface area (Å²) in [6.07, 6.45) is 5.67. The van der Waals surface area contributed by atoms with Gasteiger partial charge in [-0.25, -0.2) is 4.98 Å². The number of thiazole rings is 1. The van der Waals surface area contributed by atoms with Crippen LogP contribution in [0.5, 0.6) is 5.75 Å². The van der Waals surface area contributed by atoms with E-state index < -0.39 is 0 Å². The lowest BCUT2D eigenvalue weighted by Crippen LogP contribution is -2.35. The number of ether oxygens (including phenoxy) is 2. The van der Waals surface area contributed by atoms with Crippen LogP contribution in [-0.4, -0.2) is 41.1 Å². The monoisotopic (exact) mass is 445 g/mol. The number of benzene rings is 2. The number of pyridine rings is 1. The highest BCUT2D eigenvalue weighted by atomic mass is 32.1. The van der Waals surface area contributed by atoms with E-state index in [1.54, 1.807) is 23.7 Å². The number of likely N-dealkylation sites (tertiary alicyclic amines) is 1. The first kappa shape index (κ1) is 21.1. The molecule has 6 heteroatoms. The summed E-state index contributed by atoms with van der Waals surface area (Å²) in [5.74, 6) is 0.831. The third-order valence-electron chi connectivity index (χ3n) is 5.84. The van der Waals surface area contributed by atoms with Gasteiger partial charge in [-0.15, -0.1) is 11.3 Å². The van der Waals surface area contributed by atoms with Crippen LogP contribution >= 0.6 is 11.3 Å². The Morgan fingerprint density at radius 1 is 1.03 bits per heavy atom. The Hall–Kier alpha value is -2.80. The minimum Gasteiger partial charge on any atom is -0.489 e. The fourth-order valence-corrected chi connectivity index (χ4v) is 5.04. The molecule has 32 heavy (non-hydrogen) atoms. The van der Waals surface area contributed by atoms with Crippen molar-refractivity contribution in [2.24, 2.45) is 0 Å². The average molecular weight is 446 g/mol. The van der Waals surface area contributed by atoms with Crippen molar-refractivity contribution >= 4 is 21.6 Å². The van der Waals surface area contributed by atoms with Gasteiger partial charge in [-0.05, 0) is 67.4 Å². The molecular weight excluding hydrogens is 418 g/mol. The third kappa shape index (κ3) is 4.99.